The van der Waals surface area contributed by atoms with Crippen LogP contribution in [0.2, 0.25) is 5.02 Å². The normalized spacial score (nSPS) is 14.2. The highest BCUT2D eigenvalue weighted by atomic mass is 35.5. The van der Waals surface area contributed by atoms with Gasteiger partial charge in [0.05, 0.1) is 52.6 Å². The van der Waals surface area contributed by atoms with Gasteiger partial charge in [-0.1, -0.05) is 35.9 Å². The van der Waals surface area contributed by atoms with E-state index in [0.717, 1.165) is 5.56 Å². The summed E-state index contributed by atoms with van der Waals surface area (Å²) in [5.41, 5.74) is 2.34. The fourth-order valence-corrected chi connectivity index (χ4v) is 5.85. The van der Waals surface area contributed by atoms with Crippen LogP contribution in [0.25, 0.3) is 0 Å². The molecule has 0 radical (unpaired) electrons. The van der Waals surface area contributed by atoms with Crippen molar-refractivity contribution in [1.82, 2.24) is 0 Å². The number of nitrogens with zero attached hydrogens (tertiary/aromatic N) is 1. The van der Waals surface area contributed by atoms with Crippen molar-refractivity contribution in [1.29, 1.82) is 0 Å². The van der Waals surface area contributed by atoms with E-state index in [4.69, 9.17) is 21.1 Å². The molecule has 192 valence electrons. The van der Waals surface area contributed by atoms with Crippen LogP contribution in [0.1, 0.15) is 26.3 Å². The van der Waals surface area contributed by atoms with Crippen molar-refractivity contribution in [2.24, 2.45) is 0 Å². The van der Waals surface area contributed by atoms with E-state index in [1.165, 1.54) is 19.1 Å². The molecule has 7 nitrogen and oxygen atoms in total. The summed E-state index contributed by atoms with van der Waals surface area (Å²) >= 11 is 6.20. The van der Waals surface area contributed by atoms with Crippen molar-refractivity contribution in [2.75, 3.05) is 24.4 Å². The van der Waals surface area contributed by atoms with Gasteiger partial charge < -0.3 is 19.7 Å². The summed E-state index contributed by atoms with van der Waals surface area (Å²) in [5.74, 6) is 0.291. The summed E-state index contributed by atoms with van der Waals surface area (Å²) in [6.45, 7) is 0.179. The van der Waals surface area contributed by atoms with Crippen molar-refractivity contribution in [3.05, 3.63) is 107 Å². The molecule has 1 aliphatic rings. The van der Waals surface area contributed by atoms with Gasteiger partial charge in [0.1, 0.15) is 0 Å². The third kappa shape index (κ3) is 4.88. The quantitative estimate of drug-likeness (QED) is 0.324. The number of ether oxygens (including phenoxy) is 2. The van der Waals surface area contributed by atoms with Crippen molar-refractivity contribution in [3.8, 4) is 11.5 Å². The largest absolute Gasteiger partial charge is 0.493 e. The van der Waals surface area contributed by atoms with Gasteiger partial charge in [0.15, 0.2) is 11.5 Å². The number of benzene rings is 4. The van der Waals surface area contributed by atoms with Gasteiger partial charge in [-0.15, -0.1) is 0 Å². The number of hydrogen-bond donors (Lipinski definition) is 1. The van der Waals surface area contributed by atoms with Crippen molar-refractivity contribution < 1.29 is 23.3 Å². The topological polar surface area (TPSA) is 84.9 Å². The molecule has 0 saturated heterocycles. The van der Waals surface area contributed by atoms with Gasteiger partial charge in [-0.2, -0.15) is 0 Å². The number of fused-ring (bicyclic) bond motifs is 2. The summed E-state index contributed by atoms with van der Waals surface area (Å²) in [7, 11) is 1.42. The predicted octanol–water partition coefficient (Wildman–Crippen LogP) is 5.94. The zero-order valence-electron chi connectivity index (χ0n) is 20.6. The van der Waals surface area contributed by atoms with Crippen LogP contribution in [0.5, 0.6) is 11.5 Å². The predicted molar refractivity (Wildman–Crippen MR) is 147 cm³/mol. The number of methoxy groups -OCH3 is 2. The molecule has 0 aromatic heterocycles. The molecule has 4 aromatic rings. The van der Waals surface area contributed by atoms with Crippen molar-refractivity contribution in [2.45, 2.75) is 16.3 Å². The maximum atomic E-state index is 13.8. The summed E-state index contributed by atoms with van der Waals surface area (Å²) in [4.78, 5) is 29.4. The number of halogens is 1. The fourth-order valence-electron chi connectivity index (χ4n) is 4.30. The Morgan fingerprint density at radius 2 is 1.68 bits per heavy atom. The highest BCUT2D eigenvalue weighted by Gasteiger charge is 2.31. The van der Waals surface area contributed by atoms with Crippen LogP contribution in [0.15, 0.2) is 94.7 Å². The molecule has 1 unspecified atom stereocenters. The fraction of sp³-hybridized carbons (Fsp3) is 0.103. The number of nitrogens with one attached hydrogen (secondary N) is 1. The van der Waals surface area contributed by atoms with E-state index in [1.807, 2.05) is 6.07 Å². The van der Waals surface area contributed by atoms with Crippen LogP contribution >= 0.6 is 11.6 Å². The van der Waals surface area contributed by atoms with Crippen LogP contribution < -0.4 is 19.7 Å². The maximum Gasteiger partial charge on any atom is 0.259 e. The zero-order chi connectivity index (χ0) is 26.8. The summed E-state index contributed by atoms with van der Waals surface area (Å²) in [6, 6.07) is 23.9. The molecule has 1 atom stereocenters. The Balaban J connectivity index is 1.56. The number of amides is 2. The lowest BCUT2D eigenvalue weighted by molar-refractivity contribution is 0.0979. The molecular weight excluding hydrogens is 524 g/mol. The summed E-state index contributed by atoms with van der Waals surface area (Å²) in [6.07, 6.45) is 0. The lowest BCUT2D eigenvalue weighted by Crippen LogP contribution is -2.30. The molecule has 1 heterocycles. The Morgan fingerprint density at radius 3 is 2.45 bits per heavy atom. The van der Waals surface area contributed by atoms with Crippen LogP contribution in [0.3, 0.4) is 0 Å². The van der Waals surface area contributed by atoms with E-state index in [0.29, 0.717) is 48.8 Å². The Kier molecular flexibility index (Phi) is 7.18. The van der Waals surface area contributed by atoms with Crippen LogP contribution in [0.4, 0.5) is 11.4 Å². The Bertz CT molecular complexity index is 1590. The first-order chi connectivity index (χ1) is 18.4. The van der Waals surface area contributed by atoms with Crippen molar-refractivity contribution in [3.63, 3.8) is 0 Å². The number of rotatable bonds is 6. The van der Waals surface area contributed by atoms with Gasteiger partial charge in [0, 0.05) is 22.3 Å². The number of hydrogen-bond acceptors (Lipinski definition) is 5. The van der Waals surface area contributed by atoms with E-state index in [2.05, 4.69) is 5.32 Å². The molecule has 5 rings (SSSR count). The first-order valence-corrected chi connectivity index (χ1v) is 13.2. The SMILES string of the molecule is COc1ccc(NC(=O)c2ccc3c(c2)N(Cc2cccc(Cl)c2)C(=O)c2ccccc2S3=O)cc1OC. The molecule has 38 heavy (non-hydrogen) atoms. The molecule has 4 aromatic carbocycles. The first-order valence-electron chi connectivity index (χ1n) is 11.6. The Morgan fingerprint density at radius 1 is 0.895 bits per heavy atom. The number of carbonyl (C=O) groups is 2. The monoisotopic (exact) mass is 546 g/mol. The van der Waals surface area contributed by atoms with Gasteiger partial charge in [0.25, 0.3) is 11.8 Å². The number of anilines is 2. The first kappa shape index (κ1) is 25.5. The second-order valence-electron chi connectivity index (χ2n) is 8.49. The van der Waals surface area contributed by atoms with Gasteiger partial charge >= 0.3 is 0 Å². The second-order valence-corrected chi connectivity index (χ2v) is 10.3. The molecule has 0 saturated carbocycles. The molecule has 0 aliphatic carbocycles. The molecule has 1 aliphatic heterocycles. The molecule has 0 fully saturated rings. The van der Waals surface area contributed by atoms with E-state index < -0.39 is 16.7 Å². The molecule has 1 N–H and O–H groups in total. The smallest absolute Gasteiger partial charge is 0.259 e. The summed E-state index contributed by atoms with van der Waals surface area (Å²) in [5, 5.41) is 3.39. The molecule has 0 spiro atoms. The highest BCUT2D eigenvalue weighted by Crippen LogP contribution is 2.37. The van der Waals surface area contributed by atoms with E-state index in [1.54, 1.807) is 78.9 Å². The van der Waals surface area contributed by atoms with Crippen molar-refractivity contribution >= 4 is 45.6 Å². The average Bonchev–Trinajstić information content (AvgIpc) is 3.02. The van der Waals surface area contributed by atoms with Gasteiger partial charge in [0.2, 0.25) is 0 Å². The third-order valence-corrected chi connectivity index (χ3v) is 7.88. The van der Waals surface area contributed by atoms with E-state index in [-0.39, 0.29) is 12.5 Å². The van der Waals surface area contributed by atoms with Gasteiger partial charge in [-0.25, -0.2) is 4.21 Å². The highest BCUT2D eigenvalue weighted by molar-refractivity contribution is 7.85. The lowest BCUT2D eigenvalue weighted by atomic mass is 10.1. The zero-order valence-corrected chi connectivity index (χ0v) is 22.1. The minimum absolute atomic E-state index is 0.179. The van der Waals surface area contributed by atoms with Crippen LogP contribution in [-0.2, 0) is 17.3 Å². The standard InChI is InChI=1S/C29H23ClN2O5S/c1-36-24-12-11-21(16-25(24)37-2)31-28(33)19-10-13-27-23(15-19)32(17-18-6-5-7-20(30)14-18)29(34)22-8-3-4-9-26(22)38(27)35/h3-16H,17H2,1-2H3,(H,31,33). The van der Waals surface area contributed by atoms with E-state index >= 15 is 0 Å². The number of carbonyl (C=O) groups excluding carboxylic acids is 2. The van der Waals surface area contributed by atoms with Gasteiger partial charge in [-0.3, -0.25) is 9.59 Å². The third-order valence-electron chi connectivity index (χ3n) is 6.15. The van der Waals surface area contributed by atoms with E-state index in [9.17, 15) is 13.8 Å². The maximum absolute atomic E-state index is 13.8. The molecule has 9 heteroatoms. The van der Waals surface area contributed by atoms with Crippen LogP contribution in [-0.4, -0.2) is 30.2 Å². The minimum Gasteiger partial charge on any atom is -0.493 e. The second kappa shape index (κ2) is 10.7. The Hall–Kier alpha value is -4.14. The molecule has 0 bridgehead atoms. The molecule has 2 amide bonds. The molecular formula is C29H23ClN2O5S. The van der Waals surface area contributed by atoms with Gasteiger partial charge in [-0.05, 0) is 60.2 Å². The summed E-state index contributed by atoms with van der Waals surface area (Å²) < 4.78 is 24.2. The minimum atomic E-state index is -1.63. The Labute approximate surface area is 227 Å². The van der Waals surface area contributed by atoms with Crippen LogP contribution in [0, 0.1) is 0 Å². The average molecular weight is 547 g/mol. The lowest BCUT2D eigenvalue weighted by Gasteiger charge is -2.24.